The van der Waals surface area contributed by atoms with Crippen molar-refractivity contribution in [2.45, 2.75) is 25.4 Å². The van der Waals surface area contributed by atoms with Gasteiger partial charge in [-0.1, -0.05) is 91.0 Å². The highest BCUT2D eigenvalue weighted by Gasteiger charge is 2.49. The lowest BCUT2D eigenvalue weighted by molar-refractivity contribution is -0.124. The zero-order valence-electron chi connectivity index (χ0n) is 19.9. The maximum Gasteiger partial charge on any atom is 0.332 e. The van der Waals surface area contributed by atoms with Gasteiger partial charge < -0.3 is 10.6 Å². The molecule has 1 aliphatic heterocycles. The topological polar surface area (TPSA) is 98.8 Å². The molecule has 3 aromatic carbocycles. The molecule has 0 spiro atoms. The number of amides is 3. The van der Waals surface area contributed by atoms with Crippen LogP contribution in [0.1, 0.15) is 16.7 Å². The Morgan fingerprint density at radius 2 is 1.19 bits per heavy atom. The minimum Gasteiger partial charge on any atom is -0.354 e. The van der Waals surface area contributed by atoms with Crippen molar-refractivity contribution < 1.29 is 18.0 Å². The van der Waals surface area contributed by atoms with E-state index in [2.05, 4.69) is 10.6 Å². The first-order chi connectivity index (χ1) is 17.4. The maximum atomic E-state index is 13.4. The fraction of sp³-hybridized carbons (Fsp3) is 0.259. The summed E-state index contributed by atoms with van der Waals surface area (Å²) in [5, 5.41) is 5.53. The Balaban J connectivity index is 1.44. The molecule has 8 nitrogen and oxygen atoms in total. The van der Waals surface area contributed by atoms with Gasteiger partial charge in [0.15, 0.2) is 0 Å². The molecule has 3 amide bonds. The van der Waals surface area contributed by atoms with Gasteiger partial charge in [-0.3, -0.25) is 4.79 Å². The lowest BCUT2D eigenvalue weighted by Crippen LogP contribution is -2.46. The van der Waals surface area contributed by atoms with Crippen LogP contribution in [-0.4, -0.2) is 54.6 Å². The number of urea groups is 1. The SMILES string of the molecule is O=C(NCCc1ccccc1)C1CN(C(=O)NCCc2ccccc2)S(=O)(=O)N1Cc1ccccc1. The number of hydrogen-bond donors (Lipinski definition) is 2. The summed E-state index contributed by atoms with van der Waals surface area (Å²) in [6.45, 7) is 0.389. The van der Waals surface area contributed by atoms with Crippen LogP contribution in [0.3, 0.4) is 0 Å². The van der Waals surface area contributed by atoms with E-state index in [1.165, 1.54) is 0 Å². The first-order valence-corrected chi connectivity index (χ1v) is 13.3. The third-order valence-electron chi connectivity index (χ3n) is 6.06. The van der Waals surface area contributed by atoms with E-state index in [-0.39, 0.29) is 19.6 Å². The molecule has 1 heterocycles. The third kappa shape index (κ3) is 6.30. The highest BCUT2D eigenvalue weighted by Crippen LogP contribution is 2.25. The molecule has 188 valence electrons. The van der Waals surface area contributed by atoms with Gasteiger partial charge in [0.05, 0.1) is 6.54 Å². The van der Waals surface area contributed by atoms with E-state index in [1.54, 1.807) is 24.3 Å². The van der Waals surface area contributed by atoms with Crippen molar-refractivity contribution in [3.05, 3.63) is 108 Å². The van der Waals surface area contributed by atoms with Gasteiger partial charge in [0.2, 0.25) is 5.91 Å². The van der Waals surface area contributed by atoms with Crippen LogP contribution >= 0.6 is 0 Å². The first kappa shape index (κ1) is 25.4. The molecule has 3 aromatic rings. The van der Waals surface area contributed by atoms with Gasteiger partial charge in [-0.05, 0) is 29.5 Å². The predicted octanol–water partition coefficient (Wildman–Crippen LogP) is 2.73. The number of benzene rings is 3. The third-order valence-corrected chi connectivity index (χ3v) is 7.91. The second-order valence-corrected chi connectivity index (χ2v) is 10.4. The summed E-state index contributed by atoms with van der Waals surface area (Å²) < 4.78 is 28.7. The molecule has 0 saturated carbocycles. The summed E-state index contributed by atoms with van der Waals surface area (Å²) >= 11 is 0. The van der Waals surface area contributed by atoms with Crippen LogP contribution in [0.5, 0.6) is 0 Å². The van der Waals surface area contributed by atoms with E-state index in [0.717, 1.165) is 25.3 Å². The van der Waals surface area contributed by atoms with Gasteiger partial charge in [0.1, 0.15) is 6.04 Å². The quantitative estimate of drug-likeness (QED) is 0.466. The molecule has 0 aromatic heterocycles. The van der Waals surface area contributed by atoms with Crippen LogP contribution in [-0.2, 0) is 34.4 Å². The Morgan fingerprint density at radius 1 is 0.722 bits per heavy atom. The van der Waals surface area contributed by atoms with E-state index >= 15 is 0 Å². The van der Waals surface area contributed by atoms with Gasteiger partial charge in [-0.25, -0.2) is 9.10 Å². The number of nitrogens with one attached hydrogen (secondary N) is 2. The minimum atomic E-state index is -4.20. The van der Waals surface area contributed by atoms with Crippen LogP contribution in [0.25, 0.3) is 0 Å². The highest BCUT2D eigenvalue weighted by molar-refractivity contribution is 7.87. The minimum absolute atomic E-state index is 0.00621. The van der Waals surface area contributed by atoms with E-state index in [9.17, 15) is 18.0 Å². The monoisotopic (exact) mass is 506 g/mol. The lowest BCUT2D eigenvalue weighted by Gasteiger charge is -2.21. The lowest BCUT2D eigenvalue weighted by atomic mass is 10.1. The van der Waals surface area contributed by atoms with Crippen molar-refractivity contribution in [3.63, 3.8) is 0 Å². The number of rotatable bonds is 9. The van der Waals surface area contributed by atoms with Crippen LogP contribution in [0, 0.1) is 0 Å². The molecule has 0 bridgehead atoms. The molecule has 1 aliphatic rings. The van der Waals surface area contributed by atoms with Crippen molar-refractivity contribution in [3.8, 4) is 0 Å². The molecule has 4 rings (SSSR count). The summed E-state index contributed by atoms with van der Waals surface area (Å²) in [5.41, 5.74) is 2.83. The van der Waals surface area contributed by atoms with E-state index < -0.39 is 28.2 Å². The maximum absolute atomic E-state index is 13.4. The highest BCUT2D eigenvalue weighted by atomic mass is 32.2. The van der Waals surface area contributed by atoms with Crippen molar-refractivity contribution in [1.29, 1.82) is 0 Å². The molecule has 1 atom stereocenters. The number of hydrogen-bond acceptors (Lipinski definition) is 4. The predicted molar refractivity (Wildman–Crippen MR) is 138 cm³/mol. The molecule has 0 radical (unpaired) electrons. The largest absolute Gasteiger partial charge is 0.354 e. The van der Waals surface area contributed by atoms with Gasteiger partial charge in [0, 0.05) is 19.6 Å². The van der Waals surface area contributed by atoms with Gasteiger partial charge in [-0.15, -0.1) is 0 Å². The molecule has 1 saturated heterocycles. The fourth-order valence-electron chi connectivity index (χ4n) is 4.13. The van der Waals surface area contributed by atoms with Crippen molar-refractivity contribution in [1.82, 2.24) is 19.2 Å². The normalized spacial score (nSPS) is 17.0. The van der Waals surface area contributed by atoms with Crippen LogP contribution in [0.15, 0.2) is 91.0 Å². The molecule has 0 aliphatic carbocycles. The average Bonchev–Trinajstić information content (AvgIpc) is 3.16. The first-order valence-electron chi connectivity index (χ1n) is 11.9. The van der Waals surface area contributed by atoms with Crippen molar-refractivity contribution >= 4 is 22.1 Å². The zero-order valence-corrected chi connectivity index (χ0v) is 20.7. The van der Waals surface area contributed by atoms with Crippen LogP contribution < -0.4 is 10.6 Å². The van der Waals surface area contributed by atoms with Crippen LogP contribution in [0.2, 0.25) is 0 Å². The van der Waals surface area contributed by atoms with E-state index in [0.29, 0.717) is 19.4 Å². The molecule has 1 unspecified atom stereocenters. The molecule has 9 heteroatoms. The number of carbonyl (C=O) groups is 2. The van der Waals surface area contributed by atoms with Gasteiger partial charge in [0.25, 0.3) is 0 Å². The Hall–Kier alpha value is -3.69. The second kappa shape index (κ2) is 11.8. The van der Waals surface area contributed by atoms with Gasteiger partial charge in [-0.2, -0.15) is 12.7 Å². The van der Waals surface area contributed by atoms with Crippen molar-refractivity contribution in [2.24, 2.45) is 0 Å². The summed E-state index contributed by atoms with van der Waals surface area (Å²) in [4.78, 5) is 26.0. The molecular formula is C27H30N4O4S. The van der Waals surface area contributed by atoms with Gasteiger partial charge >= 0.3 is 16.2 Å². The summed E-state index contributed by atoms with van der Waals surface area (Å²) in [7, 11) is -4.20. The Morgan fingerprint density at radius 3 is 1.72 bits per heavy atom. The number of carbonyl (C=O) groups excluding carboxylic acids is 2. The number of nitrogens with zero attached hydrogens (tertiary/aromatic N) is 2. The average molecular weight is 507 g/mol. The second-order valence-electron chi connectivity index (χ2n) is 8.58. The summed E-state index contributed by atoms with van der Waals surface area (Å²) in [6.07, 6.45) is 1.19. The molecular weight excluding hydrogens is 476 g/mol. The zero-order chi connectivity index (χ0) is 25.4. The smallest absolute Gasteiger partial charge is 0.332 e. The molecule has 1 fully saturated rings. The fourth-order valence-corrected chi connectivity index (χ4v) is 5.78. The Bertz CT molecular complexity index is 1250. The van der Waals surface area contributed by atoms with E-state index in [1.807, 2.05) is 66.7 Å². The van der Waals surface area contributed by atoms with Crippen molar-refractivity contribution in [2.75, 3.05) is 19.6 Å². The van der Waals surface area contributed by atoms with Crippen LogP contribution in [0.4, 0.5) is 4.79 Å². The van der Waals surface area contributed by atoms with E-state index in [4.69, 9.17) is 0 Å². The standard InChI is InChI=1S/C27H30N4O4S/c32-26(28-18-16-22-10-4-1-5-11-22)25-21-31(27(33)29-19-17-23-12-6-2-7-13-23)36(34,35)30(25)20-24-14-8-3-9-15-24/h1-15,25H,16-21H2,(H,28,32)(H,29,33). The summed E-state index contributed by atoms with van der Waals surface area (Å²) in [5.74, 6) is -0.426. The summed E-state index contributed by atoms with van der Waals surface area (Å²) in [6, 6.07) is 26.6. The Kier molecular flexibility index (Phi) is 8.35. The molecule has 36 heavy (non-hydrogen) atoms. The Labute approximate surface area is 212 Å². The molecule has 2 N–H and O–H groups in total.